The molecule has 1 aromatic carbocycles. The van der Waals surface area contributed by atoms with Gasteiger partial charge in [-0.3, -0.25) is 4.79 Å². The minimum atomic E-state index is -0.538. The second kappa shape index (κ2) is 8.63. The van der Waals surface area contributed by atoms with Gasteiger partial charge in [-0.15, -0.1) is 0 Å². The van der Waals surface area contributed by atoms with E-state index in [0.717, 1.165) is 11.1 Å². The molecule has 2 aromatic heterocycles. The first-order chi connectivity index (χ1) is 14.2. The number of pyridine rings is 1. The van der Waals surface area contributed by atoms with E-state index in [4.69, 9.17) is 16.4 Å². The summed E-state index contributed by atoms with van der Waals surface area (Å²) in [5.74, 6) is -0.898. The van der Waals surface area contributed by atoms with Gasteiger partial charge in [0.1, 0.15) is 11.9 Å². The lowest BCUT2D eigenvalue weighted by Gasteiger charge is -2.20. The van der Waals surface area contributed by atoms with Gasteiger partial charge in [0.25, 0.3) is 0 Å². The van der Waals surface area contributed by atoms with E-state index in [0.29, 0.717) is 16.8 Å². The molecule has 0 radical (unpaired) electrons. The SMILES string of the molecule is C=C/C(=C\c1c(C)ccn1OC(C)c1c(C)ccc(F)c1Cl)c1[nH]ccc(=O)c1O. The van der Waals surface area contributed by atoms with Crippen LogP contribution in [0.3, 0.4) is 0 Å². The summed E-state index contributed by atoms with van der Waals surface area (Å²) < 4.78 is 15.5. The van der Waals surface area contributed by atoms with E-state index in [9.17, 15) is 14.3 Å². The van der Waals surface area contributed by atoms with E-state index >= 15 is 0 Å². The van der Waals surface area contributed by atoms with Crippen LogP contribution < -0.4 is 10.3 Å². The summed E-state index contributed by atoms with van der Waals surface area (Å²) in [6.07, 6.45) is 5.91. The third-order valence-corrected chi connectivity index (χ3v) is 5.25. The smallest absolute Gasteiger partial charge is 0.223 e. The first-order valence-corrected chi connectivity index (χ1v) is 9.67. The monoisotopic (exact) mass is 428 g/mol. The number of rotatable bonds is 6. The summed E-state index contributed by atoms with van der Waals surface area (Å²) in [5, 5.41) is 10.2. The Morgan fingerprint density at radius 3 is 2.73 bits per heavy atom. The Kier molecular flexibility index (Phi) is 6.17. The lowest BCUT2D eigenvalue weighted by molar-refractivity contribution is 0.0466. The number of aromatic hydroxyl groups is 1. The van der Waals surface area contributed by atoms with Gasteiger partial charge in [-0.1, -0.05) is 30.3 Å². The van der Waals surface area contributed by atoms with Gasteiger partial charge in [0.05, 0.1) is 16.4 Å². The van der Waals surface area contributed by atoms with E-state index < -0.39 is 23.1 Å². The number of H-pyrrole nitrogens is 1. The van der Waals surface area contributed by atoms with Crippen molar-refractivity contribution < 1.29 is 14.3 Å². The lowest BCUT2D eigenvalue weighted by atomic mass is 10.0. The zero-order valence-corrected chi connectivity index (χ0v) is 17.6. The molecule has 0 saturated heterocycles. The molecule has 3 rings (SSSR count). The van der Waals surface area contributed by atoms with Gasteiger partial charge in [-0.05, 0) is 50.1 Å². The number of allylic oxidation sites excluding steroid dienone is 2. The molecule has 156 valence electrons. The number of aromatic amines is 1. The predicted octanol–water partition coefficient (Wildman–Crippen LogP) is 5.21. The molecule has 0 bridgehead atoms. The maximum Gasteiger partial charge on any atom is 0.223 e. The van der Waals surface area contributed by atoms with Crippen molar-refractivity contribution in [3.63, 3.8) is 0 Å². The van der Waals surface area contributed by atoms with Crippen molar-refractivity contribution in [2.45, 2.75) is 26.9 Å². The average molecular weight is 429 g/mol. The van der Waals surface area contributed by atoms with Gasteiger partial charge < -0.3 is 14.9 Å². The zero-order chi connectivity index (χ0) is 22.0. The number of aryl methyl sites for hydroxylation is 2. The molecule has 0 spiro atoms. The molecule has 2 N–H and O–H groups in total. The van der Waals surface area contributed by atoms with E-state index in [2.05, 4.69) is 11.6 Å². The summed E-state index contributed by atoms with van der Waals surface area (Å²) in [4.78, 5) is 20.7. The topological polar surface area (TPSA) is 67.2 Å². The summed E-state index contributed by atoms with van der Waals surface area (Å²) in [6.45, 7) is 9.30. The van der Waals surface area contributed by atoms with Crippen molar-refractivity contribution in [3.8, 4) is 5.75 Å². The first-order valence-electron chi connectivity index (χ1n) is 9.29. The highest BCUT2D eigenvalue weighted by Crippen LogP contribution is 2.31. The van der Waals surface area contributed by atoms with Crippen LogP contribution >= 0.6 is 11.6 Å². The minimum Gasteiger partial charge on any atom is -0.503 e. The summed E-state index contributed by atoms with van der Waals surface area (Å²) >= 11 is 6.17. The molecule has 7 heteroatoms. The molecule has 0 fully saturated rings. The quantitative estimate of drug-likeness (QED) is 0.530. The van der Waals surface area contributed by atoms with Crippen LogP contribution in [0.2, 0.25) is 5.02 Å². The van der Waals surface area contributed by atoms with Crippen LogP contribution in [0.15, 0.2) is 54.1 Å². The number of halogens is 2. The summed E-state index contributed by atoms with van der Waals surface area (Å²) in [7, 11) is 0. The van der Waals surface area contributed by atoms with Crippen LogP contribution in [0.4, 0.5) is 4.39 Å². The second-order valence-corrected chi connectivity index (χ2v) is 7.30. The Morgan fingerprint density at radius 2 is 2.03 bits per heavy atom. The molecule has 1 atom stereocenters. The highest BCUT2D eigenvalue weighted by Gasteiger charge is 2.19. The largest absolute Gasteiger partial charge is 0.503 e. The Bertz CT molecular complexity index is 1190. The fourth-order valence-electron chi connectivity index (χ4n) is 3.25. The van der Waals surface area contributed by atoms with Crippen molar-refractivity contribution >= 4 is 23.3 Å². The molecule has 0 aliphatic carbocycles. The van der Waals surface area contributed by atoms with Crippen LogP contribution in [-0.4, -0.2) is 14.8 Å². The minimum absolute atomic E-state index is 0.0297. The summed E-state index contributed by atoms with van der Waals surface area (Å²) in [6, 6.07) is 6.07. The van der Waals surface area contributed by atoms with Crippen LogP contribution in [-0.2, 0) is 0 Å². The van der Waals surface area contributed by atoms with Crippen molar-refractivity contribution in [2.24, 2.45) is 0 Å². The molecule has 0 aliphatic heterocycles. The Morgan fingerprint density at radius 1 is 1.30 bits per heavy atom. The Labute approximate surface area is 178 Å². The van der Waals surface area contributed by atoms with Gasteiger partial charge in [0.2, 0.25) is 5.43 Å². The van der Waals surface area contributed by atoms with Crippen LogP contribution in [0, 0.1) is 19.7 Å². The third kappa shape index (κ3) is 4.04. The Hall–Kier alpha value is -3.25. The van der Waals surface area contributed by atoms with Crippen molar-refractivity contribution in [2.75, 3.05) is 0 Å². The molecule has 0 aliphatic rings. The van der Waals surface area contributed by atoms with Gasteiger partial charge >= 0.3 is 0 Å². The van der Waals surface area contributed by atoms with Gasteiger partial charge in [-0.25, -0.2) is 4.39 Å². The van der Waals surface area contributed by atoms with E-state index in [1.165, 1.54) is 24.4 Å². The van der Waals surface area contributed by atoms with Gasteiger partial charge in [-0.2, -0.15) is 4.73 Å². The van der Waals surface area contributed by atoms with E-state index in [1.54, 1.807) is 30.0 Å². The van der Waals surface area contributed by atoms with Crippen molar-refractivity contribution in [1.29, 1.82) is 0 Å². The second-order valence-electron chi connectivity index (χ2n) is 6.92. The molecule has 5 nitrogen and oxygen atoms in total. The fourth-order valence-corrected chi connectivity index (χ4v) is 3.61. The average Bonchev–Trinajstić information content (AvgIpc) is 3.04. The lowest BCUT2D eigenvalue weighted by Crippen LogP contribution is -2.18. The third-order valence-electron chi connectivity index (χ3n) is 4.86. The Balaban J connectivity index is 2.02. The van der Waals surface area contributed by atoms with Crippen LogP contribution in [0.5, 0.6) is 5.75 Å². The standard InChI is InChI=1S/C23H22ClFN2O3/c1-5-16(22-23(29)19(28)8-10-26-22)12-18-13(2)9-11-27(18)30-15(4)20-14(3)6-7-17(25)21(20)24/h5-12,15,29H,1H2,2-4H3,(H,26,28)/b16-12+. The highest BCUT2D eigenvalue weighted by atomic mass is 35.5. The van der Waals surface area contributed by atoms with E-state index in [1.807, 2.05) is 19.9 Å². The molecule has 30 heavy (non-hydrogen) atoms. The number of hydrogen-bond donors (Lipinski definition) is 2. The molecule has 0 amide bonds. The normalized spacial score (nSPS) is 12.6. The number of aromatic nitrogens is 2. The number of nitrogens with zero attached hydrogens (tertiary/aromatic N) is 1. The molecule has 2 heterocycles. The fraction of sp³-hybridized carbons (Fsp3) is 0.174. The number of benzene rings is 1. The molecule has 0 saturated carbocycles. The van der Waals surface area contributed by atoms with Gasteiger partial charge in [0, 0.05) is 29.6 Å². The highest BCUT2D eigenvalue weighted by molar-refractivity contribution is 6.31. The maximum atomic E-state index is 14.0. The molecule has 1 unspecified atom stereocenters. The first kappa shape index (κ1) is 21.5. The van der Waals surface area contributed by atoms with Crippen molar-refractivity contribution in [3.05, 3.63) is 98.5 Å². The predicted molar refractivity (Wildman–Crippen MR) is 117 cm³/mol. The number of nitrogens with one attached hydrogen (secondary N) is 1. The summed E-state index contributed by atoms with van der Waals surface area (Å²) in [5.41, 5.74) is 3.20. The van der Waals surface area contributed by atoms with E-state index in [-0.39, 0.29) is 10.7 Å². The maximum absolute atomic E-state index is 14.0. The number of hydrogen-bond acceptors (Lipinski definition) is 3. The van der Waals surface area contributed by atoms with Crippen LogP contribution in [0.25, 0.3) is 11.6 Å². The van der Waals surface area contributed by atoms with Crippen LogP contribution in [0.1, 0.15) is 41.1 Å². The molecule has 3 aromatic rings. The van der Waals surface area contributed by atoms with Gasteiger partial charge in [0.15, 0.2) is 5.75 Å². The molecular weight excluding hydrogens is 407 g/mol. The van der Waals surface area contributed by atoms with Crippen molar-refractivity contribution in [1.82, 2.24) is 9.71 Å². The molecular formula is C23H22ClFN2O3. The zero-order valence-electron chi connectivity index (χ0n) is 16.9.